The molecule has 2 aromatic rings. The standard InChI is InChI=1S/C17H20F2N4O2S/c18-16(19)26-17-21-12-5-1-2-6-13(12)23(17)11-14(24)20-8-7-15(25)22-9-3-4-10-22/h1-2,5-6,16H,3-4,7-11H2,(H,20,24). The van der Waals surface area contributed by atoms with E-state index in [2.05, 4.69) is 10.3 Å². The lowest BCUT2D eigenvalue weighted by Gasteiger charge is -2.15. The number of carbonyl (C=O) groups excluding carboxylic acids is 2. The summed E-state index contributed by atoms with van der Waals surface area (Å²) in [7, 11) is 0. The van der Waals surface area contributed by atoms with Crippen LogP contribution in [0.15, 0.2) is 29.4 Å². The number of aromatic nitrogens is 2. The van der Waals surface area contributed by atoms with Crippen LogP contribution in [-0.2, 0) is 16.1 Å². The van der Waals surface area contributed by atoms with Gasteiger partial charge in [-0.2, -0.15) is 8.78 Å². The van der Waals surface area contributed by atoms with Crippen molar-refractivity contribution in [1.29, 1.82) is 0 Å². The maximum atomic E-state index is 12.8. The highest BCUT2D eigenvalue weighted by molar-refractivity contribution is 7.99. The Hall–Kier alpha value is -2.16. The number of thioether (sulfide) groups is 1. The zero-order chi connectivity index (χ0) is 18.5. The Kier molecular flexibility index (Phi) is 6.08. The van der Waals surface area contributed by atoms with Gasteiger partial charge in [0.2, 0.25) is 11.8 Å². The van der Waals surface area contributed by atoms with Gasteiger partial charge in [0, 0.05) is 26.1 Å². The van der Waals surface area contributed by atoms with Crippen LogP contribution < -0.4 is 5.32 Å². The maximum Gasteiger partial charge on any atom is 0.291 e. The summed E-state index contributed by atoms with van der Waals surface area (Å²) in [6, 6.07) is 6.99. The molecule has 0 unspecified atom stereocenters. The number of nitrogens with zero attached hydrogens (tertiary/aromatic N) is 3. The highest BCUT2D eigenvalue weighted by atomic mass is 32.2. The zero-order valence-corrected chi connectivity index (χ0v) is 15.0. The number of benzene rings is 1. The van der Waals surface area contributed by atoms with Crippen molar-refractivity contribution in [3.05, 3.63) is 24.3 Å². The number of hydrogen-bond acceptors (Lipinski definition) is 4. The Morgan fingerprint density at radius 1 is 1.23 bits per heavy atom. The molecule has 1 saturated heterocycles. The van der Waals surface area contributed by atoms with Crippen molar-refractivity contribution in [1.82, 2.24) is 19.8 Å². The Balaban J connectivity index is 1.60. The number of nitrogens with one attached hydrogen (secondary N) is 1. The summed E-state index contributed by atoms with van der Waals surface area (Å²) in [5.41, 5.74) is 1.19. The van der Waals surface area contributed by atoms with E-state index in [1.54, 1.807) is 29.2 Å². The molecule has 9 heteroatoms. The maximum absolute atomic E-state index is 12.8. The second-order valence-electron chi connectivity index (χ2n) is 6.04. The van der Waals surface area contributed by atoms with Crippen molar-refractivity contribution in [3.63, 3.8) is 0 Å². The van der Waals surface area contributed by atoms with Crippen molar-refractivity contribution >= 4 is 34.6 Å². The molecule has 1 aliphatic heterocycles. The first kappa shape index (κ1) is 18.6. The number of carbonyl (C=O) groups is 2. The Labute approximate surface area is 153 Å². The summed E-state index contributed by atoms with van der Waals surface area (Å²) in [6.45, 7) is 1.68. The Morgan fingerprint density at radius 2 is 1.96 bits per heavy atom. The van der Waals surface area contributed by atoms with Gasteiger partial charge in [-0.25, -0.2) is 4.98 Å². The number of halogens is 2. The second-order valence-corrected chi connectivity index (χ2v) is 6.99. The van der Waals surface area contributed by atoms with Crippen LogP contribution in [0, 0.1) is 0 Å². The molecule has 1 fully saturated rings. The molecule has 0 saturated carbocycles. The van der Waals surface area contributed by atoms with E-state index in [1.807, 2.05) is 0 Å². The molecular formula is C17H20F2N4O2S. The lowest BCUT2D eigenvalue weighted by Crippen LogP contribution is -2.34. The van der Waals surface area contributed by atoms with E-state index in [0.29, 0.717) is 22.8 Å². The molecule has 1 N–H and O–H groups in total. The van der Waals surface area contributed by atoms with Gasteiger partial charge < -0.3 is 14.8 Å². The first-order valence-electron chi connectivity index (χ1n) is 8.49. The number of alkyl halides is 2. The predicted molar refractivity (Wildman–Crippen MR) is 95.0 cm³/mol. The summed E-state index contributed by atoms with van der Waals surface area (Å²) in [6.07, 6.45) is 2.29. The zero-order valence-electron chi connectivity index (χ0n) is 14.2. The minimum Gasteiger partial charge on any atom is -0.354 e. The Morgan fingerprint density at radius 3 is 2.69 bits per heavy atom. The van der Waals surface area contributed by atoms with Crippen molar-refractivity contribution < 1.29 is 18.4 Å². The first-order chi connectivity index (χ1) is 12.5. The van der Waals surface area contributed by atoms with Gasteiger partial charge in [0.1, 0.15) is 6.54 Å². The molecule has 0 aliphatic carbocycles. The summed E-state index contributed by atoms with van der Waals surface area (Å²) in [5.74, 6) is -2.92. The van der Waals surface area contributed by atoms with E-state index >= 15 is 0 Å². The van der Waals surface area contributed by atoms with Crippen LogP contribution >= 0.6 is 11.8 Å². The molecule has 1 aliphatic rings. The molecule has 3 rings (SSSR count). The molecule has 0 spiro atoms. The minimum atomic E-state index is -2.62. The molecule has 0 atom stereocenters. The molecule has 2 heterocycles. The fourth-order valence-corrected chi connectivity index (χ4v) is 3.61. The SMILES string of the molecule is O=C(Cn1c(SC(F)F)nc2ccccc21)NCCC(=O)N1CCCC1. The number of rotatable bonds is 7. The van der Waals surface area contributed by atoms with E-state index in [9.17, 15) is 18.4 Å². The van der Waals surface area contributed by atoms with Crippen LogP contribution in [0.4, 0.5) is 8.78 Å². The minimum absolute atomic E-state index is 0.0322. The number of para-hydroxylation sites is 2. The highest BCUT2D eigenvalue weighted by Crippen LogP contribution is 2.28. The molecule has 0 bridgehead atoms. The number of imidazole rings is 1. The fourth-order valence-electron chi connectivity index (χ4n) is 3.01. The molecular weight excluding hydrogens is 362 g/mol. The number of likely N-dealkylation sites (tertiary alicyclic amines) is 1. The van der Waals surface area contributed by atoms with Gasteiger partial charge in [0.15, 0.2) is 5.16 Å². The third kappa shape index (κ3) is 4.51. The van der Waals surface area contributed by atoms with Crippen molar-refractivity contribution in [2.75, 3.05) is 19.6 Å². The van der Waals surface area contributed by atoms with E-state index in [0.717, 1.165) is 25.9 Å². The third-order valence-electron chi connectivity index (χ3n) is 4.24. The lowest BCUT2D eigenvalue weighted by molar-refractivity contribution is -0.130. The van der Waals surface area contributed by atoms with Crippen molar-refractivity contribution in [2.24, 2.45) is 0 Å². The molecule has 140 valence electrons. The van der Waals surface area contributed by atoms with Gasteiger partial charge in [0.25, 0.3) is 5.76 Å². The van der Waals surface area contributed by atoms with E-state index in [1.165, 1.54) is 4.57 Å². The summed E-state index contributed by atoms with van der Waals surface area (Å²) >= 11 is 0.316. The summed E-state index contributed by atoms with van der Waals surface area (Å²) in [5, 5.41) is 2.79. The normalized spacial score (nSPS) is 14.3. The molecule has 1 aromatic carbocycles. The van der Waals surface area contributed by atoms with Crippen LogP contribution in [0.2, 0.25) is 0 Å². The Bertz CT molecular complexity index is 790. The third-order valence-corrected chi connectivity index (χ3v) is 4.94. The summed E-state index contributed by atoms with van der Waals surface area (Å²) < 4.78 is 27.0. The van der Waals surface area contributed by atoms with Gasteiger partial charge in [-0.1, -0.05) is 12.1 Å². The van der Waals surface area contributed by atoms with Crippen LogP contribution in [0.1, 0.15) is 19.3 Å². The molecule has 2 amide bonds. The fraction of sp³-hybridized carbons (Fsp3) is 0.471. The van der Waals surface area contributed by atoms with Crippen molar-refractivity contribution in [3.8, 4) is 0 Å². The predicted octanol–water partition coefficient (Wildman–Crippen LogP) is 2.48. The van der Waals surface area contributed by atoms with Gasteiger partial charge in [-0.3, -0.25) is 9.59 Å². The van der Waals surface area contributed by atoms with Crippen LogP contribution in [0.25, 0.3) is 11.0 Å². The molecule has 0 radical (unpaired) electrons. The van der Waals surface area contributed by atoms with E-state index < -0.39 is 5.76 Å². The van der Waals surface area contributed by atoms with Gasteiger partial charge in [-0.05, 0) is 36.7 Å². The highest BCUT2D eigenvalue weighted by Gasteiger charge is 2.19. The molecule has 26 heavy (non-hydrogen) atoms. The lowest BCUT2D eigenvalue weighted by atomic mass is 10.3. The number of fused-ring (bicyclic) bond motifs is 1. The quantitative estimate of drug-likeness (QED) is 0.747. The number of amides is 2. The first-order valence-corrected chi connectivity index (χ1v) is 9.37. The van der Waals surface area contributed by atoms with Crippen LogP contribution in [-0.4, -0.2) is 51.7 Å². The van der Waals surface area contributed by atoms with Gasteiger partial charge in [0.05, 0.1) is 11.0 Å². The van der Waals surface area contributed by atoms with Gasteiger partial charge in [-0.15, -0.1) is 0 Å². The molecule has 6 nitrogen and oxygen atoms in total. The smallest absolute Gasteiger partial charge is 0.291 e. The van der Waals surface area contributed by atoms with E-state index in [-0.39, 0.29) is 36.5 Å². The average molecular weight is 382 g/mol. The van der Waals surface area contributed by atoms with Crippen LogP contribution in [0.3, 0.4) is 0 Å². The number of hydrogen-bond donors (Lipinski definition) is 1. The average Bonchev–Trinajstić information content (AvgIpc) is 3.23. The monoisotopic (exact) mass is 382 g/mol. The largest absolute Gasteiger partial charge is 0.354 e. The second kappa shape index (κ2) is 8.48. The molecule has 1 aromatic heterocycles. The topological polar surface area (TPSA) is 67.2 Å². The van der Waals surface area contributed by atoms with Gasteiger partial charge >= 0.3 is 0 Å². The van der Waals surface area contributed by atoms with E-state index in [4.69, 9.17) is 0 Å². The van der Waals surface area contributed by atoms with Crippen molar-refractivity contribution in [2.45, 2.75) is 36.7 Å². The summed E-state index contributed by atoms with van der Waals surface area (Å²) in [4.78, 5) is 30.2. The van der Waals surface area contributed by atoms with Crippen LogP contribution in [0.5, 0.6) is 0 Å².